The highest BCUT2D eigenvalue weighted by Crippen LogP contribution is 2.31. The minimum atomic E-state index is -0.377. The molecule has 9 heteroatoms. The first kappa shape index (κ1) is 22.5. The number of ether oxygens (including phenoxy) is 1. The normalized spacial score (nSPS) is 19.8. The van der Waals surface area contributed by atoms with E-state index < -0.39 is 0 Å². The Morgan fingerprint density at radius 1 is 1.21 bits per heavy atom. The SMILES string of the molecule is COCCN1C[C@@H](NC(=O)Nc2c3c(nn2-c2ccccc2)CCC3)[C@H](c2cncc(F)c2)C1. The molecule has 0 spiro atoms. The number of hydrogen-bond acceptors (Lipinski definition) is 5. The summed E-state index contributed by atoms with van der Waals surface area (Å²) in [5.74, 6) is 0.267. The minimum absolute atomic E-state index is 0.0736. The van der Waals surface area contributed by atoms with Crippen LogP contribution in [0.4, 0.5) is 15.0 Å². The van der Waals surface area contributed by atoms with Crippen molar-refractivity contribution in [1.82, 2.24) is 25.0 Å². The first-order valence-corrected chi connectivity index (χ1v) is 11.7. The van der Waals surface area contributed by atoms with E-state index in [2.05, 4.69) is 20.5 Å². The lowest BCUT2D eigenvalue weighted by Crippen LogP contribution is -2.42. The molecule has 2 aliphatic rings. The van der Waals surface area contributed by atoms with Gasteiger partial charge in [0.05, 0.1) is 30.2 Å². The van der Waals surface area contributed by atoms with Crippen LogP contribution in [0, 0.1) is 5.82 Å². The van der Waals surface area contributed by atoms with E-state index in [-0.39, 0.29) is 23.8 Å². The molecule has 2 N–H and O–H groups in total. The topological polar surface area (TPSA) is 84.3 Å². The van der Waals surface area contributed by atoms with E-state index in [4.69, 9.17) is 9.84 Å². The number of carbonyl (C=O) groups excluding carboxylic acids is 1. The van der Waals surface area contributed by atoms with Crippen molar-refractivity contribution < 1.29 is 13.9 Å². The maximum Gasteiger partial charge on any atom is 0.320 e. The lowest BCUT2D eigenvalue weighted by Gasteiger charge is -2.21. The van der Waals surface area contributed by atoms with Crippen molar-refractivity contribution >= 4 is 11.8 Å². The summed E-state index contributed by atoms with van der Waals surface area (Å²) in [7, 11) is 1.67. The highest BCUT2D eigenvalue weighted by atomic mass is 19.1. The van der Waals surface area contributed by atoms with Crippen molar-refractivity contribution in [2.24, 2.45) is 0 Å². The van der Waals surface area contributed by atoms with Gasteiger partial charge in [-0.3, -0.25) is 15.2 Å². The Bertz CT molecular complexity index is 1150. The lowest BCUT2D eigenvalue weighted by atomic mass is 9.96. The molecule has 1 aromatic carbocycles. The summed E-state index contributed by atoms with van der Waals surface area (Å²) in [6.07, 6.45) is 5.72. The molecule has 1 aliphatic carbocycles. The Hall–Kier alpha value is -3.30. The van der Waals surface area contributed by atoms with Gasteiger partial charge in [-0.25, -0.2) is 13.9 Å². The Labute approximate surface area is 198 Å². The van der Waals surface area contributed by atoms with E-state index >= 15 is 0 Å². The maximum atomic E-state index is 13.9. The second kappa shape index (κ2) is 9.90. The van der Waals surface area contributed by atoms with Crippen LogP contribution in [0.15, 0.2) is 48.8 Å². The van der Waals surface area contributed by atoms with Gasteiger partial charge in [-0.2, -0.15) is 5.10 Å². The average molecular weight is 465 g/mol. The smallest absolute Gasteiger partial charge is 0.320 e. The third-order valence-electron chi connectivity index (χ3n) is 6.62. The average Bonchev–Trinajstić information content (AvgIpc) is 3.54. The van der Waals surface area contributed by atoms with Gasteiger partial charge in [0.1, 0.15) is 11.6 Å². The number of aryl methyl sites for hydroxylation is 1. The highest BCUT2D eigenvalue weighted by molar-refractivity contribution is 5.90. The number of rotatable bonds is 7. The molecule has 0 saturated carbocycles. The summed E-state index contributed by atoms with van der Waals surface area (Å²) in [6, 6.07) is 10.8. The summed E-state index contributed by atoms with van der Waals surface area (Å²) in [5.41, 5.74) is 3.82. The van der Waals surface area contributed by atoms with Gasteiger partial charge >= 0.3 is 6.03 Å². The molecule has 5 rings (SSSR count). The molecule has 178 valence electrons. The van der Waals surface area contributed by atoms with Crippen molar-refractivity contribution in [2.45, 2.75) is 31.2 Å². The van der Waals surface area contributed by atoms with Crippen LogP contribution in [0.3, 0.4) is 0 Å². The molecule has 1 aliphatic heterocycles. The number of nitrogens with one attached hydrogen (secondary N) is 2. The molecule has 0 radical (unpaired) electrons. The Morgan fingerprint density at radius 2 is 2.06 bits per heavy atom. The third-order valence-corrected chi connectivity index (χ3v) is 6.62. The zero-order valence-electron chi connectivity index (χ0n) is 19.2. The zero-order chi connectivity index (χ0) is 23.5. The van der Waals surface area contributed by atoms with Crippen LogP contribution in [-0.4, -0.2) is 65.1 Å². The Balaban J connectivity index is 1.36. The first-order chi connectivity index (χ1) is 16.6. The van der Waals surface area contributed by atoms with Crippen LogP contribution in [0.25, 0.3) is 5.69 Å². The van der Waals surface area contributed by atoms with E-state index in [9.17, 15) is 9.18 Å². The third kappa shape index (κ3) is 4.67. The number of anilines is 1. The van der Waals surface area contributed by atoms with Gasteiger partial charge < -0.3 is 10.1 Å². The van der Waals surface area contributed by atoms with E-state index in [1.54, 1.807) is 13.3 Å². The minimum Gasteiger partial charge on any atom is -0.383 e. The fourth-order valence-electron chi connectivity index (χ4n) is 4.99. The second-order valence-electron chi connectivity index (χ2n) is 8.88. The predicted molar refractivity (Wildman–Crippen MR) is 127 cm³/mol. The predicted octanol–water partition coefficient (Wildman–Crippen LogP) is 3.13. The van der Waals surface area contributed by atoms with Crippen LogP contribution in [0.2, 0.25) is 0 Å². The molecule has 1 fully saturated rings. The summed E-state index contributed by atoms with van der Waals surface area (Å²) in [4.78, 5) is 19.5. The van der Waals surface area contributed by atoms with Crippen molar-refractivity contribution in [1.29, 1.82) is 0 Å². The molecule has 1 saturated heterocycles. The number of benzene rings is 1. The number of amides is 2. The van der Waals surface area contributed by atoms with Gasteiger partial charge in [0.2, 0.25) is 0 Å². The van der Waals surface area contributed by atoms with Crippen LogP contribution in [0.5, 0.6) is 0 Å². The van der Waals surface area contributed by atoms with Gasteiger partial charge in [-0.1, -0.05) is 18.2 Å². The molecule has 3 aromatic rings. The monoisotopic (exact) mass is 464 g/mol. The number of methoxy groups -OCH3 is 1. The summed E-state index contributed by atoms with van der Waals surface area (Å²) in [6.45, 7) is 2.67. The van der Waals surface area contributed by atoms with Gasteiger partial charge in [0.15, 0.2) is 0 Å². The van der Waals surface area contributed by atoms with Gasteiger partial charge in [0, 0.05) is 44.4 Å². The number of fused-ring (bicyclic) bond motifs is 1. The van der Waals surface area contributed by atoms with Gasteiger partial charge in [-0.05, 0) is 43.0 Å². The first-order valence-electron chi connectivity index (χ1n) is 11.7. The molecule has 2 amide bonds. The fourth-order valence-corrected chi connectivity index (χ4v) is 4.99. The van der Waals surface area contributed by atoms with Crippen LogP contribution in [-0.2, 0) is 17.6 Å². The number of halogens is 1. The van der Waals surface area contributed by atoms with Crippen LogP contribution in [0.1, 0.15) is 29.2 Å². The van der Waals surface area contributed by atoms with E-state index in [1.165, 1.54) is 12.3 Å². The van der Waals surface area contributed by atoms with E-state index in [0.717, 1.165) is 54.1 Å². The molecule has 34 heavy (non-hydrogen) atoms. The van der Waals surface area contributed by atoms with Gasteiger partial charge in [0.25, 0.3) is 0 Å². The highest BCUT2D eigenvalue weighted by Gasteiger charge is 2.35. The standard InChI is InChI=1S/C25H29FN6O2/c1-34-11-10-31-15-21(17-12-18(26)14-27-13-17)23(16-31)28-25(33)29-24-20-8-5-9-22(20)30-32(24)19-6-3-2-4-7-19/h2-4,6-7,12-14,21,23H,5,8-11,15-16H2,1H3,(H2,28,29,33)/t21-,23+/m0/s1. The van der Waals surface area contributed by atoms with Crippen molar-refractivity contribution in [3.63, 3.8) is 0 Å². The van der Waals surface area contributed by atoms with Crippen molar-refractivity contribution in [3.8, 4) is 5.69 Å². The Kier molecular flexibility index (Phi) is 6.55. The lowest BCUT2D eigenvalue weighted by molar-refractivity contribution is 0.159. The summed E-state index contributed by atoms with van der Waals surface area (Å²) >= 11 is 0. The molecular formula is C25H29FN6O2. The molecule has 2 aromatic heterocycles. The number of urea groups is 1. The maximum absolute atomic E-state index is 13.9. The number of likely N-dealkylation sites (tertiary alicyclic amines) is 1. The summed E-state index contributed by atoms with van der Waals surface area (Å²) < 4.78 is 20.9. The van der Waals surface area contributed by atoms with Crippen LogP contribution < -0.4 is 10.6 Å². The quantitative estimate of drug-likeness (QED) is 0.561. The number of hydrogen-bond donors (Lipinski definition) is 2. The fraction of sp³-hybridized carbons (Fsp3) is 0.400. The number of para-hydroxylation sites is 1. The van der Waals surface area contributed by atoms with Gasteiger partial charge in [-0.15, -0.1) is 0 Å². The van der Waals surface area contributed by atoms with E-state index in [1.807, 2.05) is 35.0 Å². The molecule has 3 heterocycles. The number of aromatic nitrogens is 3. The number of pyridine rings is 1. The zero-order valence-corrected chi connectivity index (χ0v) is 19.2. The number of nitrogens with zero attached hydrogens (tertiary/aromatic N) is 4. The molecule has 2 atom stereocenters. The van der Waals surface area contributed by atoms with Crippen molar-refractivity contribution in [3.05, 3.63) is 71.4 Å². The molecule has 8 nitrogen and oxygen atoms in total. The second-order valence-corrected chi connectivity index (χ2v) is 8.88. The van der Waals surface area contributed by atoms with Crippen LogP contribution >= 0.6 is 0 Å². The molecule has 0 unspecified atom stereocenters. The Morgan fingerprint density at radius 3 is 2.85 bits per heavy atom. The summed E-state index contributed by atoms with van der Waals surface area (Å²) in [5, 5.41) is 11.0. The van der Waals surface area contributed by atoms with E-state index in [0.29, 0.717) is 19.7 Å². The molecule has 0 bridgehead atoms. The number of carbonyl (C=O) groups is 1. The largest absolute Gasteiger partial charge is 0.383 e. The van der Waals surface area contributed by atoms with Crippen molar-refractivity contribution in [2.75, 3.05) is 38.7 Å². The molecular weight excluding hydrogens is 435 g/mol.